The minimum absolute atomic E-state index is 0.0501. The van der Waals surface area contributed by atoms with E-state index in [0.29, 0.717) is 11.6 Å². The largest absolute Gasteiger partial charge is 0.490 e. The molecule has 2 aliphatic rings. The molecule has 0 unspecified atom stereocenters. The van der Waals surface area contributed by atoms with Gasteiger partial charge in [-0.2, -0.15) is 13.2 Å². The van der Waals surface area contributed by atoms with Crippen LogP contribution < -0.4 is 4.74 Å². The number of piperidine rings is 1. The smallest absolute Gasteiger partial charge is 0.419 e. The highest BCUT2D eigenvalue weighted by atomic mass is 19.4. The normalized spacial score (nSPS) is 21.2. The Labute approximate surface area is 147 Å². The maximum Gasteiger partial charge on any atom is 0.419 e. The molecule has 0 amide bonds. The second kappa shape index (κ2) is 6.80. The molecule has 3 rings (SSSR count). The summed E-state index contributed by atoms with van der Waals surface area (Å²) in [7, 11) is 0. The van der Waals surface area contributed by atoms with Crippen LogP contribution in [0.25, 0.3) is 0 Å². The number of benzene rings is 1. The Morgan fingerprint density at radius 3 is 2.20 bits per heavy atom. The van der Waals surface area contributed by atoms with Gasteiger partial charge in [0.15, 0.2) is 0 Å². The molecule has 1 aromatic rings. The van der Waals surface area contributed by atoms with Crippen LogP contribution in [-0.4, -0.2) is 43.3 Å². The minimum atomic E-state index is -4.42. The predicted molar refractivity (Wildman–Crippen MR) is 90.0 cm³/mol. The topological polar surface area (TPSA) is 21.7 Å². The third-order valence-electron chi connectivity index (χ3n) is 5.06. The molecule has 140 valence electrons. The molecule has 25 heavy (non-hydrogen) atoms. The molecule has 0 radical (unpaired) electrons. The zero-order chi connectivity index (χ0) is 18.2. The first-order valence-electron chi connectivity index (χ1n) is 8.85. The van der Waals surface area contributed by atoms with Gasteiger partial charge in [0.05, 0.1) is 24.8 Å². The Balaban J connectivity index is 1.71. The molecular weight excluding hydrogens is 331 g/mol. The van der Waals surface area contributed by atoms with E-state index in [4.69, 9.17) is 9.47 Å². The molecule has 0 saturated carbocycles. The molecule has 2 aliphatic heterocycles. The number of nitrogens with zero attached hydrogens (tertiary/aromatic N) is 1. The van der Waals surface area contributed by atoms with Crippen molar-refractivity contribution < 1.29 is 22.6 Å². The fraction of sp³-hybridized carbons (Fsp3) is 0.684. The molecule has 0 N–H and O–H groups in total. The van der Waals surface area contributed by atoms with Gasteiger partial charge in [-0.15, -0.1) is 0 Å². The lowest BCUT2D eigenvalue weighted by molar-refractivity contribution is -0.139. The van der Waals surface area contributed by atoms with Gasteiger partial charge in [-0.1, -0.05) is 26.8 Å². The van der Waals surface area contributed by atoms with Crippen LogP contribution in [0.3, 0.4) is 0 Å². The van der Waals surface area contributed by atoms with Gasteiger partial charge < -0.3 is 9.47 Å². The third-order valence-corrected chi connectivity index (χ3v) is 5.06. The Hall–Kier alpha value is -1.27. The molecular formula is C19H26F3NO2. The van der Waals surface area contributed by atoms with Crippen molar-refractivity contribution in [3.05, 3.63) is 29.3 Å². The van der Waals surface area contributed by atoms with Crippen molar-refractivity contribution in [3.8, 4) is 5.75 Å². The van der Waals surface area contributed by atoms with Crippen LogP contribution in [0.5, 0.6) is 5.75 Å². The summed E-state index contributed by atoms with van der Waals surface area (Å²) in [5.41, 5.74) is -0.351. The van der Waals surface area contributed by atoms with E-state index in [-0.39, 0.29) is 17.3 Å². The van der Waals surface area contributed by atoms with Gasteiger partial charge in [0.2, 0.25) is 0 Å². The maximum atomic E-state index is 13.5. The summed E-state index contributed by atoms with van der Waals surface area (Å²) in [5.74, 6) is -0.0501. The van der Waals surface area contributed by atoms with Crippen molar-refractivity contribution in [1.82, 2.24) is 4.90 Å². The van der Waals surface area contributed by atoms with E-state index >= 15 is 0 Å². The van der Waals surface area contributed by atoms with Crippen molar-refractivity contribution >= 4 is 0 Å². The molecule has 1 aromatic carbocycles. The number of likely N-dealkylation sites (tertiary alicyclic amines) is 1. The van der Waals surface area contributed by atoms with Crippen molar-refractivity contribution in [2.75, 3.05) is 26.3 Å². The van der Waals surface area contributed by atoms with Crippen LogP contribution in [0.1, 0.15) is 44.7 Å². The van der Waals surface area contributed by atoms with E-state index in [2.05, 4.69) is 4.90 Å². The summed E-state index contributed by atoms with van der Waals surface area (Å²) in [6.07, 6.45) is -3.09. The van der Waals surface area contributed by atoms with Crippen LogP contribution in [-0.2, 0) is 16.3 Å². The van der Waals surface area contributed by atoms with E-state index in [9.17, 15) is 13.2 Å². The highest BCUT2D eigenvalue weighted by Crippen LogP contribution is 2.40. The number of hydrogen-bond donors (Lipinski definition) is 0. The SMILES string of the molecule is CC(C)(C)c1ccc(OC2CCN(C3COC3)CC2)c(C(F)(F)F)c1. The lowest BCUT2D eigenvalue weighted by Gasteiger charge is -2.41. The van der Waals surface area contributed by atoms with E-state index < -0.39 is 11.7 Å². The number of alkyl halides is 3. The Bertz CT molecular complexity index is 598. The summed E-state index contributed by atoms with van der Waals surface area (Å²) in [5, 5.41) is 0. The number of halogens is 3. The quantitative estimate of drug-likeness (QED) is 0.807. The number of ether oxygens (including phenoxy) is 2. The van der Waals surface area contributed by atoms with Crippen LogP contribution >= 0.6 is 0 Å². The number of rotatable bonds is 3. The Morgan fingerprint density at radius 1 is 1.08 bits per heavy atom. The second-order valence-corrected chi connectivity index (χ2v) is 8.00. The van der Waals surface area contributed by atoms with Crippen molar-refractivity contribution in [3.63, 3.8) is 0 Å². The summed E-state index contributed by atoms with van der Waals surface area (Å²) < 4.78 is 51.5. The van der Waals surface area contributed by atoms with Crippen molar-refractivity contribution in [1.29, 1.82) is 0 Å². The van der Waals surface area contributed by atoms with Crippen LogP contribution in [0, 0.1) is 0 Å². The lowest BCUT2D eigenvalue weighted by atomic mass is 9.86. The molecule has 0 aromatic heterocycles. The predicted octanol–water partition coefficient (Wildman–Crippen LogP) is 4.24. The molecule has 0 atom stereocenters. The van der Waals surface area contributed by atoms with Crippen molar-refractivity contribution in [2.45, 2.75) is 57.3 Å². The summed E-state index contributed by atoms with van der Waals surface area (Å²) in [6.45, 7) is 8.94. The van der Waals surface area contributed by atoms with Gasteiger partial charge >= 0.3 is 6.18 Å². The summed E-state index contributed by atoms with van der Waals surface area (Å²) >= 11 is 0. The lowest BCUT2D eigenvalue weighted by Crippen LogP contribution is -2.52. The highest BCUT2D eigenvalue weighted by Gasteiger charge is 2.37. The monoisotopic (exact) mass is 357 g/mol. The third kappa shape index (κ3) is 4.29. The van der Waals surface area contributed by atoms with Gasteiger partial charge in [-0.3, -0.25) is 4.90 Å². The van der Waals surface area contributed by atoms with Crippen molar-refractivity contribution in [2.24, 2.45) is 0 Å². The van der Waals surface area contributed by atoms with Crippen LogP contribution in [0.15, 0.2) is 18.2 Å². The van der Waals surface area contributed by atoms with E-state index in [1.165, 1.54) is 12.1 Å². The minimum Gasteiger partial charge on any atom is -0.490 e. The van der Waals surface area contributed by atoms with Gasteiger partial charge in [0, 0.05) is 13.1 Å². The van der Waals surface area contributed by atoms with E-state index in [1.807, 2.05) is 20.8 Å². The van der Waals surface area contributed by atoms with Gasteiger partial charge in [0.25, 0.3) is 0 Å². The van der Waals surface area contributed by atoms with Gasteiger partial charge in [-0.25, -0.2) is 0 Å². The fourth-order valence-corrected chi connectivity index (χ4v) is 3.29. The zero-order valence-corrected chi connectivity index (χ0v) is 15.0. The van der Waals surface area contributed by atoms with Crippen LogP contribution in [0.4, 0.5) is 13.2 Å². The summed E-state index contributed by atoms with van der Waals surface area (Å²) in [4.78, 5) is 2.34. The molecule has 3 nitrogen and oxygen atoms in total. The first-order valence-corrected chi connectivity index (χ1v) is 8.85. The van der Waals surface area contributed by atoms with Crippen LogP contribution in [0.2, 0.25) is 0 Å². The molecule has 0 spiro atoms. The second-order valence-electron chi connectivity index (χ2n) is 8.00. The van der Waals surface area contributed by atoms with E-state index in [0.717, 1.165) is 39.1 Å². The molecule has 6 heteroatoms. The Morgan fingerprint density at radius 2 is 1.72 bits per heavy atom. The molecule has 0 bridgehead atoms. The highest BCUT2D eigenvalue weighted by molar-refractivity contribution is 5.41. The first kappa shape index (κ1) is 18.5. The Kier molecular flexibility index (Phi) is 5.04. The summed E-state index contributed by atoms with van der Waals surface area (Å²) in [6, 6.07) is 4.93. The van der Waals surface area contributed by atoms with Gasteiger partial charge in [0.1, 0.15) is 11.9 Å². The van der Waals surface area contributed by atoms with Gasteiger partial charge in [-0.05, 0) is 36.0 Å². The van der Waals surface area contributed by atoms with E-state index in [1.54, 1.807) is 6.07 Å². The standard InChI is InChI=1S/C19H26F3NO2/c1-18(2,3)13-4-5-17(16(10-13)19(20,21)22)25-15-6-8-23(9-7-15)14-11-24-12-14/h4-5,10,14-15H,6-9,11-12H2,1-3H3. The zero-order valence-electron chi connectivity index (χ0n) is 15.0. The first-order chi connectivity index (χ1) is 11.6. The average Bonchev–Trinajstić information content (AvgIpc) is 2.45. The molecule has 0 aliphatic carbocycles. The maximum absolute atomic E-state index is 13.5. The molecule has 2 heterocycles. The molecule has 2 saturated heterocycles. The fourth-order valence-electron chi connectivity index (χ4n) is 3.29. The number of hydrogen-bond acceptors (Lipinski definition) is 3. The molecule has 2 fully saturated rings. The average molecular weight is 357 g/mol.